The Morgan fingerprint density at radius 1 is 0.267 bits per heavy atom. The molecular formula is C44H54S. The molecule has 2 aliphatic rings. The highest BCUT2D eigenvalue weighted by atomic mass is 32.2. The van der Waals surface area contributed by atoms with Gasteiger partial charge in [0, 0.05) is 20.6 Å². The molecule has 0 aliphatic heterocycles. The average Bonchev–Trinajstić information content (AvgIpc) is 3.38. The summed E-state index contributed by atoms with van der Waals surface area (Å²) in [7, 11) is 0. The molecule has 4 aromatic rings. The van der Waals surface area contributed by atoms with Gasteiger partial charge in [0.1, 0.15) is 0 Å². The third kappa shape index (κ3) is 3.80. The van der Waals surface area contributed by atoms with Crippen LogP contribution in [0.2, 0.25) is 0 Å². The highest BCUT2D eigenvalue weighted by molar-refractivity contribution is 7.99. The third-order valence-electron chi connectivity index (χ3n) is 13.1. The van der Waals surface area contributed by atoms with E-state index in [1.807, 2.05) is 11.8 Å². The van der Waals surface area contributed by atoms with E-state index in [0.717, 1.165) is 0 Å². The molecule has 0 N–H and O–H groups in total. The molecule has 0 amide bonds. The average molecular weight is 615 g/mol. The SMILES string of the molecule is Cc1c(C)c(C)c2c(c1C)-c1c(C)c(C)c(Sc3c(C)c(C)c4c(c3C)C(C)(C)c3c(C)c(C)c(C)c(C)c3-4)c(C)c1C2(C)C. The van der Waals surface area contributed by atoms with Crippen molar-refractivity contribution in [2.75, 3.05) is 0 Å². The van der Waals surface area contributed by atoms with E-state index in [1.54, 1.807) is 11.1 Å². The van der Waals surface area contributed by atoms with Crippen LogP contribution in [0.3, 0.4) is 0 Å². The Balaban J connectivity index is 1.63. The third-order valence-corrected chi connectivity index (χ3v) is 14.7. The van der Waals surface area contributed by atoms with E-state index in [0.29, 0.717) is 0 Å². The zero-order valence-electron chi connectivity index (χ0n) is 31.4. The van der Waals surface area contributed by atoms with Crippen LogP contribution >= 0.6 is 11.8 Å². The quantitative estimate of drug-likeness (QED) is 0.216. The molecule has 0 unspecified atom stereocenters. The van der Waals surface area contributed by atoms with Gasteiger partial charge in [-0.2, -0.15) is 0 Å². The zero-order valence-corrected chi connectivity index (χ0v) is 32.2. The van der Waals surface area contributed by atoms with Crippen molar-refractivity contribution < 1.29 is 0 Å². The van der Waals surface area contributed by atoms with Crippen molar-refractivity contribution in [2.24, 2.45) is 0 Å². The van der Waals surface area contributed by atoms with Crippen molar-refractivity contribution in [1.82, 2.24) is 0 Å². The molecule has 0 saturated carbocycles. The molecule has 0 fully saturated rings. The monoisotopic (exact) mass is 614 g/mol. The number of rotatable bonds is 2. The maximum absolute atomic E-state index is 2.47. The lowest BCUT2D eigenvalue weighted by molar-refractivity contribution is 0.646. The first-order valence-electron chi connectivity index (χ1n) is 16.9. The van der Waals surface area contributed by atoms with Crippen LogP contribution in [-0.2, 0) is 10.8 Å². The summed E-state index contributed by atoms with van der Waals surface area (Å²) in [4.78, 5) is 2.91. The van der Waals surface area contributed by atoms with Crippen molar-refractivity contribution in [3.8, 4) is 22.3 Å². The predicted octanol–water partition coefficient (Wildman–Crippen LogP) is 12.8. The molecule has 0 radical (unpaired) electrons. The molecule has 2 aliphatic carbocycles. The Labute approximate surface area is 278 Å². The fourth-order valence-corrected chi connectivity index (χ4v) is 11.2. The van der Waals surface area contributed by atoms with E-state index in [2.05, 4.69) is 125 Å². The van der Waals surface area contributed by atoms with Gasteiger partial charge in [-0.25, -0.2) is 0 Å². The Kier molecular flexibility index (Phi) is 7.06. The molecular weight excluding hydrogens is 561 g/mol. The van der Waals surface area contributed by atoms with Crippen LogP contribution in [-0.4, -0.2) is 0 Å². The summed E-state index contributed by atoms with van der Waals surface area (Å²) in [5.74, 6) is 0. The molecule has 4 aromatic carbocycles. The van der Waals surface area contributed by atoms with Gasteiger partial charge < -0.3 is 0 Å². The van der Waals surface area contributed by atoms with Gasteiger partial charge in [-0.15, -0.1) is 0 Å². The molecule has 0 heterocycles. The Morgan fingerprint density at radius 3 is 0.778 bits per heavy atom. The van der Waals surface area contributed by atoms with Crippen molar-refractivity contribution in [2.45, 2.75) is 145 Å². The lowest BCUT2D eigenvalue weighted by atomic mass is 9.76. The van der Waals surface area contributed by atoms with Crippen LogP contribution in [0.1, 0.15) is 128 Å². The van der Waals surface area contributed by atoms with E-state index >= 15 is 0 Å². The first-order chi connectivity index (χ1) is 20.7. The molecule has 0 atom stereocenters. The van der Waals surface area contributed by atoms with Crippen LogP contribution < -0.4 is 0 Å². The van der Waals surface area contributed by atoms with Crippen LogP contribution in [0.15, 0.2) is 9.79 Å². The Morgan fingerprint density at radius 2 is 0.489 bits per heavy atom. The van der Waals surface area contributed by atoms with Crippen LogP contribution in [0.25, 0.3) is 22.3 Å². The second-order valence-corrected chi connectivity index (χ2v) is 16.8. The van der Waals surface area contributed by atoms with Crippen LogP contribution in [0.5, 0.6) is 0 Å². The van der Waals surface area contributed by atoms with Gasteiger partial charge in [-0.05, 0) is 219 Å². The van der Waals surface area contributed by atoms with Crippen molar-refractivity contribution in [3.63, 3.8) is 0 Å². The maximum Gasteiger partial charge on any atom is 0.0187 e. The van der Waals surface area contributed by atoms with E-state index in [9.17, 15) is 0 Å². The molecule has 0 saturated heterocycles. The normalized spacial score (nSPS) is 15.3. The number of hydrogen-bond donors (Lipinski definition) is 0. The molecule has 0 aromatic heterocycles. The van der Waals surface area contributed by atoms with Gasteiger partial charge in [0.2, 0.25) is 0 Å². The van der Waals surface area contributed by atoms with E-state index < -0.39 is 0 Å². The Hall–Kier alpha value is -2.77. The minimum Gasteiger partial charge on any atom is -0.0889 e. The fraction of sp³-hybridized carbons (Fsp3) is 0.455. The summed E-state index contributed by atoms with van der Waals surface area (Å²) >= 11 is 2.04. The van der Waals surface area contributed by atoms with Gasteiger partial charge in [-0.1, -0.05) is 39.5 Å². The second kappa shape index (κ2) is 9.87. The summed E-state index contributed by atoms with van der Waals surface area (Å²) in [6.45, 7) is 42.9. The van der Waals surface area contributed by atoms with Gasteiger partial charge in [0.05, 0.1) is 0 Å². The molecule has 0 bridgehead atoms. The lowest BCUT2D eigenvalue weighted by Gasteiger charge is -2.30. The highest BCUT2D eigenvalue weighted by Crippen LogP contribution is 2.60. The van der Waals surface area contributed by atoms with Crippen LogP contribution in [0.4, 0.5) is 0 Å². The lowest BCUT2D eigenvalue weighted by Crippen LogP contribution is -2.20. The summed E-state index contributed by atoms with van der Waals surface area (Å²) in [5, 5.41) is 0. The summed E-state index contributed by atoms with van der Waals surface area (Å²) in [6.07, 6.45) is 0. The van der Waals surface area contributed by atoms with E-state index in [4.69, 9.17) is 0 Å². The number of benzene rings is 4. The minimum absolute atomic E-state index is 0.0395. The first-order valence-corrected chi connectivity index (χ1v) is 17.7. The van der Waals surface area contributed by atoms with Crippen molar-refractivity contribution in [1.29, 1.82) is 0 Å². The standard InChI is InChI=1S/C44H54S/c1-19-21(3)27(9)37-33(23(19)5)35-25(7)29(11)41(31(13)39(35)43(37,15)16)45-42-30(12)26(8)36-34-24(6)20(2)22(4)28(10)38(34)44(17,18)40(36)32(42)14/h1-18H3. The summed E-state index contributed by atoms with van der Waals surface area (Å²) in [6, 6.07) is 0. The largest absolute Gasteiger partial charge is 0.0889 e. The zero-order chi connectivity index (χ0) is 33.6. The minimum atomic E-state index is -0.0395. The smallest absolute Gasteiger partial charge is 0.0187 e. The summed E-state index contributed by atoms with van der Waals surface area (Å²) in [5.41, 5.74) is 32.5. The van der Waals surface area contributed by atoms with Crippen LogP contribution in [0, 0.1) is 96.9 Å². The Bertz CT molecular complexity index is 1890. The topological polar surface area (TPSA) is 0 Å². The van der Waals surface area contributed by atoms with E-state index in [-0.39, 0.29) is 10.8 Å². The van der Waals surface area contributed by atoms with Gasteiger partial charge in [-0.3, -0.25) is 0 Å². The summed E-state index contributed by atoms with van der Waals surface area (Å²) < 4.78 is 0. The molecule has 45 heavy (non-hydrogen) atoms. The highest BCUT2D eigenvalue weighted by Gasteiger charge is 2.44. The van der Waals surface area contributed by atoms with Gasteiger partial charge in [0.25, 0.3) is 0 Å². The second-order valence-electron chi connectivity index (χ2n) is 15.8. The van der Waals surface area contributed by atoms with Crippen molar-refractivity contribution >= 4 is 11.8 Å². The molecule has 236 valence electrons. The van der Waals surface area contributed by atoms with Gasteiger partial charge in [0.15, 0.2) is 0 Å². The number of hydrogen-bond acceptors (Lipinski definition) is 1. The van der Waals surface area contributed by atoms with Crippen molar-refractivity contribution in [3.05, 3.63) is 100 Å². The fourth-order valence-electron chi connectivity index (χ4n) is 9.91. The molecule has 6 rings (SSSR count). The number of fused-ring (bicyclic) bond motifs is 6. The first kappa shape index (κ1) is 32.2. The molecule has 0 nitrogen and oxygen atoms in total. The van der Waals surface area contributed by atoms with E-state index in [1.165, 1.54) is 121 Å². The predicted molar refractivity (Wildman–Crippen MR) is 198 cm³/mol. The van der Waals surface area contributed by atoms with Gasteiger partial charge >= 0.3 is 0 Å². The maximum atomic E-state index is 2.47. The molecule has 0 spiro atoms. The molecule has 1 heteroatoms.